The van der Waals surface area contributed by atoms with Gasteiger partial charge in [-0.2, -0.15) is 0 Å². The maximum absolute atomic E-state index is 12.7. The third-order valence-corrected chi connectivity index (χ3v) is 10.9. The zero-order chi connectivity index (χ0) is 47.4. The van der Waals surface area contributed by atoms with Gasteiger partial charge in [-0.3, -0.25) is 4.90 Å². The van der Waals surface area contributed by atoms with Crippen molar-refractivity contribution < 1.29 is 9.13 Å². The van der Waals surface area contributed by atoms with Gasteiger partial charge in [0.2, 0.25) is 0 Å². The number of terminal acetylenes is 1. The molecule has 64 heavy (non-hydrogen) atoms. The first-order valence-corrected chi connectivity index (χ1v) is 22.6. The molecular formula is C55H72BrFN6O. The summed E-state index contributed by atoms with van der Waals surface area (Å²) < 4.78 is 18.9. The molecule has 0 saturated carbocycles. The highest BCUT2D eigenvalue weighted by Gasteiger charge is 2.09. The largest absolute Gasteiger partial charge is 0.496 e. The molecule has 6 aromatic rings. The number of nitrogens with zero attached hydrogens (tertiary/aromatic N) is 1. The van der Waals surface area contributed by atoms with E-state index in [1.165, 1.54) is 60.3 Å². The van der Waals surface area contributed by atoms with Crippen LogP contribution >= 0.6 is 15.9 Å². The molecule has 1 aliphatic heterocycles. The van der Waals surface area contributed by atoms with Crippen molar-refractivity contribution in [3.8, 4) is 18.1 Å². The van der Waals surface area contributed by atoms with Gasteiger partial charge in [-0.25, -0.2) is 4.39 Å². The molecule has 5 unspecified atom stereocenters. The predicted molar refractivity (Wildman–Crippen MR) is 273 cm³/mol. The standard InChI is InChI=1S/C13H12FN.C9H13NO.2C9H13N.C8H10BrN.C7H11N/c14-12-8-6-11(7-9-12)13(15)10-4-2-1-3-5-10;1-7(10)8-5-3-4-6-9(8)11-2;1-7-4-3-5-9(6-7)8(2)10;1-7-5-3-4-6-9(7)8(2)10;1-6(10)7-4-2-3-5-8(7)9;1-2-5-8-6-3-4-7-8/h1-9,13H,15H2;3-7H,10H2,1-2H3;2*3-6,8H,10H2,1-2H3;2-6H,10H2,1H3;1H,3-7H2. The normalized spacial score (nSPS) is 13.8. The average molecular weight is 932 g/mol. The summed E-state index contributed by atoms with van der Waals surface area (Å²) in [7, 11) is 1.65. The summed E-state index contributed by atoms with van der Waals surface area (Å²) in [6, 6.07) is 48.6. The lowest BCUT2D eigenvalue weighted by atomic mass is 10.00. The third-order valence-electron chi connectivity index (χ3n) is 10.2. The minimum absolute atomic E-state index is 0.0335. The van der Waals surface area contributed by atoms with Crippen LogP contribution in [0.25, 0.3) is 0 Å². The molecule has 1 aliphatic rings. The number of methoxy groups -OCH3 is 1. The van der Waals surface area contributed by atoms with Gasteiger partial charge in [-0.1, -0.05) is 155 Å². The van der Waals surface area contributed by atoms with E-state index in [4.69, 9.17) is 39.8 Å². The minimum atomic E-state index is -0.237. The molecule has 0 aliphatic carbocycles. The summed E-state index contributed by atoms with van der Waals surface area (Å²) in [6.07, 6.45) is 7.79. The topological polar surface area (TPSA) is 143 Å². The Labute approximate surface area is 392 Å². The minimum Gasteiger partial charge on any atom is -0.496 e. The molecule has 6 aromatic carbocycles. The van der Waals surface area contributed by atoms with Crippen LogP contribution in [0.3, 0.4) is 0 Å². The van der Waals surface area contributed by atoms with Gasteiger partial charge in [0.05, 0.1) is 19.7 Å². The Kier molecular flexibility index (Phi) is 26.5. The van der Waals surface area contributed by atoms with Crippen LogP contribution in [-0.4, -0.2) is 31.6 Å². The van der Waals surface area contributed by atoms with Crippen molar-refractivity contribution in [2.45, 2.75) is 84.6 Å². The van der Waals surface area contributed by atoms with Crippen LogP contribution in [0.4, 0.5) is 4.39 Å². The van der Waals surface area contributed by atoms with Crippen molar-refractivity contribution in [2.24, 2.45) is 28.7 Å². The Morgan fingerprint density at radius 2 is 1.08 bits per heavy atom. The van der Waals surface area contributed by atoms with E-state index in [9.17, 15) is 4.39 Å². The van der Waals surface area contributed by atoms with Crippen LogP contribution in [0.15, 0.2) is 156 Å². The summed E-state index contributed by atoms with van der Waals surface area (Å²) in [6.45, 7) is 15.3. The lowest BCUT2D eigenvalue weighted by Gasteiger charge is -2.11. The summed E-state index contributed by atoms with van der Waals surface area (Å²) >= 11 is 3.42. The van der Waals surface area contributed by atoms with Gasteiger partial charge in [-0.05, 0) is 125 Å². The van der Waals surface area contributed by atoms with E-state index in [0.717, 1.165) is 39.0 Å². The summed E-state index contributed by atoms with van der Waals surface area (Å²) in [5, 5.41) is 0. The zero-order valence-corrected chi connectivity index (χ0v) is 40.5. The summed E-state index contributed by atoms with van der Waals surface area (Å²) in [5.41, 5.74) is 38.0. The van der Waals surface area contributed by atoms with Crippen LogP contribution in [-0.2, 0) is 0 Å². The predicted octanol–water partition coefficient (Wildman–Crippen LogP) is 11.8. The Hall–Kier alpha value is -5.15. The second kappa shape index (κ2) is 30.8. The van der Waals surface area contributed by atoms with Gasteiger partial charge >= 0.3 is 0 Å². The van der Waals surface area contributed by atoms with Crippen LogP contribution in [0.2, 0.25) is 0 Å². The Balaban J connectivity index is 0.000000267. The second-order valence-corrected chi connectivity index (χ2v) is 16.7. The first-order chi connectivity index (χ1) is 30.6. The molecule has 0 aromatic heterocycles. The highest BCUT2D eigenvalue weighted by molar-refractivity contribution is 9.10. The van der Waals surface area contributed by atoms with Crippen LogP contribution < -0.4 is 33.4 Å². The number of likely N-dealkylation sites (tertiary alicyclic amines) is 1. The highest BCUT2D eigenvalue weighted by atomic mass is 79.9. The van der Waals surface area contributed by atoms with Gasteiger partial charge in [-0.15, -0.1) is 6.42 Å². The number of nitrogens with two attached hydrogens (primary N) is 5. The Morgan fingerprint density at radius 3 is 1.52 bits per heavy atom. The van der Waals surface area contributed by atoms with Crippen molar-refractivity contribution >= 4 is 15.9 Å². The molecule has 10 N–H and O–H groups in total. The van der Waals surface area contributed by atoms with Crippen molar-refractivity contribution in [1.29, 1.82) is 0 Å². The molecule has 5 atom stereocenters. The molecule has 0 radical (unpaired) electrons. The lowest BCUT2D eigenvalue weighted by Crippen LogP contribution is -2.18. The molecule has 0 spiro atoms. The number of rotatable bonds is 8. The van der Waals surface area contributed by atoms with E-state index in [0.29, 0.717) is 0 Å². The van der Waals surface area contributed by atoms with Crippen molar-refractivity contribution in [3.63, 3.8) is 0 Å². The number of hydrogen-bond acceptors (Lipinski definition) is 7. The van der Waals surface area contributed by atoms with E-state index < -0.39 is 0 Å². The molecular weight excluding hydrogens is 860 g/mol. The summed E-state index contributed by atoms with van der Waals surface area (Å²) in [4.78, 5) is 2.31. The molecule has 9 heteroatoms. The van der Waals surface area contributed by atoms with Crippen molar-refractivity contribution in [3.05, 3.63) is 206 Å². The first-order valence-electron chi connectivity index (χ1n) is 21.8. The molecule has 1 fully saturated rings. The molecule has 342 valence electrons. The molecule has 7 nitrogen and oxygen atoms in total. The number of aryl methyl sites for hydroxylation is 2. The molecule has 7 rings (SSSR count). The fourth-order valence-corrected chi connectivity index (χ4v) is 7.18. The number of benzene rings is 6. The van der Waals surface area contributed by atoms with Crippen LogP contribution in [0.1, 0.15) is 115 Å². The molecule has 0 amide bonds. The van der Waals surface area contributed by atoms with Gasteiger partial charge in [0, 0.05) is 34.2 Å². The van der Waals surface area contributed by atoms with Gasteiger partial charge < -0.3 is 33.4 Å². The Bertz CT molecular complexity index is 2150. The zero-order valence-electron chi connectivity index (χ0n) is 38.9. The number of hydrogen-bond donors (Lipinski definition) is 5. The van der Waals surface area contributed by atoms with E-state index >= 15 is 0 Å². The van der Waals surface area contributed by atoms with Crippen LogP contribution in [0, 0.1) is 32.0 Å². The smallest absolute Gasteiger partial charge is 0.123 e. The van der Waals surface area contributed by atoms with Gasteiger partial charge in [0.25, 0.3) is 0 Å². The monoisotopic (exact) mass is 930 g/mol. The fourth-order valence-electron chi connectivity index (χ4n) is 6.53. The van der Waals surface area contributed by atoms with Crippen molar-refractivity contribution in [2.75, 3.05) is 26.7 Å². The number of ether oxygens (including phenoxy) is 1. The quantitative estimate of drug-likeness (QED) is 0.0957. The maximum atomic E-state index is 12.7. The summed E-state index contributed by atoms with van der Waals surface area (Å²) in [5.74, 6) is 3.26. The number of halogens is 2. The molecule has 0 bridgehead atoms. The molecule has 1 heterocycles. The van der Waals surface area contributed by atoms with Gasteiger partial charge in [0.15, 0.2) is 0 Å². The maximum Gasteiger partial charge on any atom is 0.123 e. The number of para-hydroxylation sites is 1. The van der Waals surface area contributed by atoms with E-state index in [1.807, 2.05) is 125 Å². The Morgan fingerprint density at radius 1 is 0.594 bits per heavy atom. The van der Waals surface area contributed by atoms with Crippen LogP contribution in [0.5, 0.6) is 5.75 Å². The highest BCUT2D eigenvalue weighted by Crippen LogP contribution is 2.23. The third kappa shape index (κ3) is 21.0. The first kappa shape index (κ1) is 55.0. The lowest BCUT2D eigenvalue weighted by molar-refractivity contribution is 0.383. The molecule has 1 saturated heterocycles. The average Bonchev–Trinajstić information content (AvgIpc) is 3.81. The van der Waals surface area contributed by atoms with Gasteiger partial charge in [0.1, 0.15) is 11.6 Å². The van der Waals surface area contributed by atoms with E-state index in [-0.39, 0.29) is 36.0 Å². The SMILES string of the molecule is C#CCN1CCCC1.CC(N)c1ccccc1Br.COc1ccccc1C(C)N.Cc1cccc(C(C)N)c1.Cc1ccccc1C(C)N.NC(c1ccccc1)c1ccc(F)cc1. The fraction of sp³-hybridized carbons (Fsp3) is 0.309. The van der Waals surface area contributed by atoms with Crippen molar-refractivity contribution in [1.82, 2.24) is 4.90 Å². The van der Waals surface area contributed by atoms with E-state index in [2.05, 4.69) is 70.9 Å². The van der Waals surface area contributed by atoms with E-state index in [1.54, 1.807) is 19.2 Å². The second-order valence-electron chi connectivity index (χ2n) is 15.8.